The lowest BCUT2D eigenvalue weighted by atomic mass is 9.50. The van der Waals surface area contributed by atoms with E-state index >= 15 is 0 Å². The molecule has 2 aliphatic carbocycles. The molecule has 2 N–H and O–H groups in total. The number of aliphatic hydroxyl groups is 1. The fourth-order valence-electron chi connectivity index (χ4n) is 7.00. The van der Waals surface area contributed by atoms with Gasteiger partial charge in [0, 0.05) is 30.5 Å². The number of esters is 3. The van der Waals surface area contributed by atoms with Gasteiger partial charge >= 0.3 is 17.9 Å². The Balaban J connectivity index is 1.35. The van der Waals surface area contributed by atoms with Crippen molar-refractivity contribution in [2.75, 3.05) is 13.6 Å². The van der Waals surface area contributed by atoms with Crippen molar-refractivity contribution in [2.45, 2.75) is 68.5 Å². The highest BCUT2D eigenvalue weighted by Gasteiger charge is 2.72. The number of ether oxygens (including phenoxy) is 4. The third-order valence-corrected chi connectivity index (χ3v) is 8.80. The van der Waals surface area contributed by atoms with E-state index < -0.39 is 47.2 Å². The summed E-state index contributed by atoms with van der Waals surface area (Å²) in [7, 11) is 1.99. The molecule has 6 rings (SSSR count). The van der Waals surface area contributed by atoms with Crippen LogP contribution >= 0.6 is 0 Å². The Morgan fingerprint density at radius 2 is 1.85 bits per heavy atom. The second-order valence-corrected chi connectivity index (χ2v) is 11.0. The smallest absolute Gasteiger partial charge is 0.357 e. The van der Waals surface area contributed by atoms with E-state index in [1.165, 1.54) is 13.8 Å². The number of piperidine rings is 1. The summed E-state index contributed by atoms with van der Waals surface area (Å²) in [5, 5.41) is 23.0. The molecule has 6 atom stereocenters. The van der Waals surface area contributed by atoms with Crippen LogP contribution in [0.2, 0.25) is 0 Å². The van der Waals surface area contributed by atoms with E-state index in [9.17, 15) is 24.6 Å². The predicted molar refractivity (Wildman–Crippen MR) is 139 cm³/mol. The first-order valence-electron chi connectivity index (χ1n) is 13.4. The van der Waals surface area contributed by atoms with E-state index in [4.69, 9.17) is 18.9 Å². The summed E-state index contributed by atoms with van der Waals surface area (Å²) in [5.74, 6) is -1.99. The molecular weight excluding hydrogens is 518 g/mol. The van der Waals surface area contributed by atoms with Gasteiger partial charge in [-0.2, -0.15) is 0 Å². The molecule has 0 saturated carbocycles. The van der Waals surface area contributed by atoms with Gasteiger partial charge in [0.15, 0.2) is 23.7 Å². The molecule has 210 valence electrons. The molecule has 0 aromatic heterocycles. The number of phenols is 1. The van der Waals surface area contributed by atoms with Gasteiger partial charge in [0.2, 0.25) is 6.10 Å². The van der Waals surface area contributed by atoms with Gasteiger partial charge in [-0.15, -0.1) is 0 Å². The number of carbonyl (C=O) groups is 3. The monoisotopic (exact) mass is 549 g/mol. The van der Waals surface area contributed by atoms with Crippen LogP contribution < -0.4 is 4.74 Å². The molecule has 2 bridgehead atoms. The molecule has 0 radical (unpaired) electrons. The zero-order valence-electron chi connectivity index (χ0n) is 22.5. The summed E-state index contributed by atoms with van der Waals surface area (Å²) >= 11 is 0. The van der Waals surface area contributed by atoms with Crippen LogP contribution in [0.25, 0.3) is 0 Å². The number of benzene rings is 2. The maximum Gasteiger partial charge on any atom is 0.357 e. The molecule has 40 heavy (non-hydrogen) atoms. The van der Waals surface area contributed by atoms with Crippen LogP contribution in [-0.4, -0.2) is 70.5 Å². The van der Waals surface area contributed by atoms with Crippen LogP contribution in [-0.2, 0) is 40.4 Å². The summed E-state index contributed by atoms with van der Waals surface area (Å²) in [6.07, 6.45) is -0.563. The van der Waals surface area contributed by atoms with Gasteiger partial charge in [0.05, 0.1) is 11.0 Å². The van der Waals surface area contributed by atoms with E-state index in [0.29, 0.717) is 30.7 Å². The zero-order chi connectivity index (χ0) is 28.4. The first kappa shape index (κ1) is 26.3. The Hall–Kier alpha value is -3.89. The molecule has 10 heteroatoms. The van der Waals surface area contributed by atoms with Crippen molar-refractivity contribution in [3.63, 3.8) is 0 Å². The third kappa shape index (κ3) is 3.73. The molecule has 2 aliphatic heterocycles. The quantitative estimate of drug-likeness (QED) is 0.409. The Labute approximate surface area is 231 Å². The Kier molecular flexibility index (Phi) is 6.15. The molecule has 0 amide bonds. The van der Waals surface area contributed by atoms with E-state index in [-0.39, 0.29) is 24.0 Å². The number of aromatic hydroxyl groups is 1. The Bertz CT molecular complexity index is 1420. The minimum atomic E-state index is -1.45. The van der Waals surface area contributed by atoms with Crippen molar-refractivity contribution >= 4 is 17.9 Å². The molecule has 2 aromatic carbocycles. The predicted octanol–water partition coefficient (Wildman–Crippen LogP) is 2.45. The van der Waals surface area contributed by atoms with Gasteiger partial charge in [-0.25, -0.2) is 9.59 Å². The molecule has 0 unspecified atom stereocenters. The van der Waals surface area contributed by atoms with Crippen LogP contribution in [0.5, 0.6) is 11.5 Å². The third-order valence-electron chi connectivity index (χ3n) is 8.80. The van der Waals surface area contributed by atoms with Crippen LogP contribution in [0.4, 0.5) is 0 Å². The number of hydrogen-bond donors (Lipinski definition) is 2. The first-order chi connectivity index (χ1) is 19.1. The highest BCUT2D eigenvalue weighted by Crippen LogP contribution is 2.65. The summed E-state index contributed by atoms with van der Waals surface area (Å²) in [6, 6.07) is 11.7. The van der Waals surface area contributed by atoms with E-state index in [2.05, 4.69) is 4.90 Å². The zero-order valence-corrected chi connectivity index (χ0v) is 22.5. The van der Waals surface area contributed by atoms with Gasteiger partial charge in [-0.05, 0) is 51.1 Å². The van der Waals surface area contributed by atoms with Crippen molar-refractivity contribution in [3.8, 4) is 11.5 Å². The molecule has 1 saturated heterocycles. The van der Waals surface area contributed by atoms with Crippen molar-refractivity contribution in [3.05, 3.63) is 71.0 Å². The molecule has 4 aliphatic rings. The van der Waals surface area contributed by atoms with Crippen LogP contribution in [0.15, 0.2) is 54.3 Å². The number of rotatable bonds is 6. The lowest BCUT2D eigenvalue weighted by Gasteiger charge is -2.61. The molecule has 1 spiro atoms. The lowest BCUT2D eigenvalue weighted by Crippen LogP contribution is -2.74. The van der Waals surface area contributed by atoms with Crippen molar-refractivity contribution in [1.29, 1.82) is 0 Å². The highest BCUT2D eigenvalue weighted by atomic mass is 16.6. The average molecular weight is 550 g/mol. The number of likely N-dealkylation sites (tertiary alicyclic amines) is 1. The topological polar surface area (TPSA) is 132 Å². The Morgan fingerprint density at radius 3 is 2.58 bits per heavy atom. The summed E-state index contributed by atoms with van der Waals surface area (Å²) in [6.45, 7) is 3.21. The Morgan fingerprint density at radius 1 is 1.10 bits per heavy atom. The van der Waals surface area contributed by atoms with E-state index in [0.717, 1.165) is 11.1 Å². The number of nitrogens with zero attached hydrogens (tertiary/aromatic N) is 1. The van der Waals surface area contributed by atoms with Crippen LogP contribution in [0, 0.1) is 0 Å². The van der Waals surface area contributed by atoms with Gasteiger partial charge in [-0.1, -0.05) is 36.4 Å². The highest BCUT2D eigenvalue weighted by molar-refractivity contribution is 5.84. The fourth-order valence-corrected chi connectivity index (χ4v) is 7.00. The minimum Gasteiger partial charge on any atom is -0.504 e. The maximum atomic E-state index is 13.7. The van der Waals surface area contributed by atoms with Crippen LogP contribution in [0.3, 0.4) is 0 Å². The SMILES string of the molecule is CC(=O)O[C@@H](C)C(=O)O[C@H](C(=O)OC1=CC[C@@]2(O)[C@@H]3Cc4ccc(O)c5c4[C@@]2(CCN3C)[C@H]1O5)c1ccccc1. The van der Waals surface area contributed by atoms with Gasteiger partial charge < -0.3 is 34.1 Å². The molecule has 10 nitrogen and oxygen atoms in total. The summed E-state index contributed by atoms with van der Waals surface area (Å²) in [4.78, 5) is 39.9. The lowest BCUT2D eigenvalue weighted by molar-refractivity contribution is -0.181. The minimum absolute atomic E-state index is 0.0384. The number of phenolic OH excluding ortho intramolecular Hbond substituents is 1. The normalized spacial score (nSPS) is 29.2. The standard InChI is InChI=1S/C30H31NO9/c1-16(37-17(2)32)27(34)40-24(18-7-5-4-6-8-18)28(35)38-21-11-12-30(36)22-15-19-9-10-20(33)25-23(19)29(30,26(21)39-25)13-14-31(22)3/h4-11,16,22,24,26,33,36H,12-15H2,1-3H3/t16-,22-,24-,26-,29-,30+/m0/s1. The number of hydrogen-bond acceptors (Lipinski definition) is 10. The van der Waals surface area contributed by atoms with Crippen molar-refractivity contribution < 1.29 is 43.5 Å². The number of likely N-dealkylation sites (N-methyl/N-ethyl adjacent to an activating group) is 1. The molecule has 1 fully saturated rings. The largest absolute Gasteiger partial charge is 0.504 e. The van der Waals surface area contributed by atoms with Gasteiger partial charge in [0.1, 0.15) is 5.76 Å². The summed E-state index contributed by atoms with van der Waals surface area (Å²) in [5.41, 5.74) is -0.0162. The first-order valence-corrected chi connectivity index (χ1v) is 13.4. The van der Waals surface area contributed by atoms with Gasteiger partial charge in [0.25, 0.3) is 0 Å². The number of carbonyl (C=O) groups excluding carboxylic acids is 3. The second-order valence-electron chi connectivity index (χ2n) is 11.0. The average Bonchev–Trinajstić information content (AvgIpc) is 3.28. The van der Waals surface area contributed by atoms with E-state index in [1.807, 2.05) is 13.1 Å². The molecule has 2 heterocycles. The van der Waals surface area contributed by atoms with E-state index in [1.54, 1.807) is 42.5 Å². The second kappa shape index (κ2) is 9.35. The van der Waals surface area contributed by atoms with Gasteiger partial charge in [-0.3, -0.25) is 4.79 Å². The van der Waals surface area contributed by atoms with Crippen molar-refractivity contribution in [2.24, 2.45) is 0 Å². The molecular formula is C30H31NO9. The maximum absolute atomic E-state index is 13.7. The molecule has 2 aromatic rings. The fraction of sp³-hybridized carbons (Fsp3) is 0.433. The summed E-state index contributed by atoms with van der Waals surface area (Å²) < 4.78 is 22.7. The van der Waals surface area contributed by atoms with Crippen LogP contribution in [0.1, 0.15) is 49.5 Å². The van der Waals surface area contributed by atoms with Crippen molar-refractivity contribution in [1.82, 2.24) is 4.90 Å².